The minimum atomic E-state index is -0.0606. The van der Waals surface area contributed by atoms with Crippen LogP contribution >= 0.6 is 0 Å². The predicted octanol–water partition coefficient (Wildman–Crippen LogP) is 4.48. The lowest BCUT2D eigenvalue weighted by Gasteiger charge is -2.24. The molecule has 1 N–H and O–H groups in total. The SMILES string of the molecule is Cc1cccc(-n2ncc3c2CCCC3NC(=O)c2ccc(-n3ccnc3)cc2)c1C. The Balaban J connectivity index is 1.38. The van der Waals surface area contributed by atoms with E-state index in [1.807, 2.05) is 41.2 Å². The second-order valence-corrected chi connectivity index (χ2v) is 8.11. The summed E-state index contributed by atoms with van der Waals surface area (Å²) in [5.41, 5.74) is 7.54. The summed E-state index contributed by atoms with van der Waals surface area (Å²) in [7, 11) is 0. The highest BCUT2D eigenvalue weighted by Gasteiger charge is 2.26. The molecule has 1 atom stereocenters. The minimum Gasteiger partial charge on any atom is -0.345 e. The molecule has 6 nitrogen and oxygen atoms in total. The first kappa shape index (κ1) is 19.3. The van der Waals surface area contributed by atoms with Crippen molar-refractivity contribution in [2.24, 2.45) is 0 Å². The van der Waals surface area contributed by atoms with Crippen LogP contribution in [0, 0.1) is 13.8 Å². The number of imidazole rings is 1. The molecule has 1 unspecified atom stereocenters. The van der Waals surface area contributed by atoms with E-state index >= 15 is 0 Å². The van der Waals surface area contributed by atoms with E-state index in [1.54, 1.807) is 12.5 Å². The standard InChI is InChI=1S/C25H25N5O/c1-17-5-3-7-23(18(17)2)30-24-8-4-6-22(21(24)15-27-30)28-25(31)19-9-11-20(12-10-19)29-14-13-26-16-29/h3,5,7,9-16,22H,4,6,8H2,1-2H3,(H,28,31). The van der Waals surface area contributed by atoms with Crippen LogP contribution in [0.15, 0.2) is 67.4 Å². The zero-order valence-electron chi connectivity index (χ0n) is 17.7. The van der Waals surface area contributed by atoms with Crippen LogP contribution < -0.4 is 5.32 Å². The molecular weight excluding hydrogens is 386 g/mol. The summed E-state index contributed by atoms with van der Waals surface area (Å²) >= 11 is 0. The first-order valence-corrected chi connectivity index (χ1v) is 10.6. The van der Waals surface area contributed by atoms with E-state index < -0.39 is 0 Å². The van der Waals surface area contributed by atoms with Crippen LogP contribution in [-0.4, -0.2) is 25.2 Å². The van der Waals surface area contributed by atoms with E-state index in [1.165, 1.54) is 16.8 Å². The number of carbonyl (C=O) groups is 1. The van der Waals surface area contributed by atoms with Gasteiger partial charge in [0.15, 0.2) is 0 Å². The smallest absolute Gasteiger partial charge is 0.251 e. The second-order valence-electron chi connectivity index (χ2n) is 8.11. The van der Waals surface area contributed by atoms with Gasteiger partial charge in [0.2, 0.25) is 0 Å². The monoisotopic (exact) mass is 411 g/mol. The molecule has 0 spiro atoms. The number of benzene rings is 2. The molecule has 31 heavy (non-hydrogen) atoms. The zero-order valence-corrected chi connectivity index (χ0v) is 17.7. The molecule has 0 saturated carbocycles. The molecule has 2 heterocycles. The van der Waals surface area contributed by atoms with Crippen molar-refractivity contribution in [2.45, 2.75) is 39.2 Å². The van der Waals surface area contributed by atoms with E-state index in [0.717, 1.165) is 36.2 Å². The van der Waals surface area contributed by atoms with Crippen LogP contribution in [0.4, 0.5) is 0 Å². The van der Waals surface area contributed by atoms with Gasteiger partial charge in [0, 0.05) is 34.9 Å². The van der Waals surface area contributed by atoms with Crippen LogP contribution in [0.3, 0.4) is 0 Å². The Labute approximate surface area is 181 Å². The number of fused-ring (bicyclic) bond motifs is 1. The largest absolute Gasteiger partial charge is 0.345 e. The van der Waals surface area contributed by atoms with E-state index in [4.69, 9.17) is 5.10 Å². The lowest BCUT2D eigenvalue weighted by Crippen LogP contribution is -2.31. The van der Waals surface area contributed by atoms with Crippen molar-refractivity contribution >= 4 is 5.91 Å². The molecule has 6 heteroatoms. The zero-order chi connectivity index (χ0) is 21.4. The number of amides is 1. The molecule has 1 aliphatic rings. The number of nitrogens with zero attached hydrogens (tertiary/aromatic N) is 4. The third-order valence-electron chi connectivity index (χ3n) is 6.22. The normalized spacial score (nSPS) is 15.5. The van der Waals surface area contributed by atoms with Crippen molar-refractivity contribution in [3.63, 3.8) is 0 Å². The number of hydrogen-bond acceptors (Lipinski definition) is 3. The molecule has 1 amide bonds. The van der Waals surface area contributed by atoms with Gasteiger partial charge < -0.3 is 9.88 Å². The highest BCUT2D eigenvalue weighted by Crippen LogP contribution is 2.32. The Bertz CT molecular complexity index is 1220. The summed E-state index contributed by atoms with van der Waals surface area (Å²) in [6.07, 6.45) is 10.2. The Hall–Kier alpha value is -3.67. The predicted molar refractivity (Wildman–Crippen MR) is 120 cm³/mol. The molecular formula is C25H25N5O. The lowest BCUT2D eigenvalue weighted by molar-refractivity contribution is 0.0932. The Kier molecular flexibility index (Phi) is 4.90. The number of hydrogen-bond donors (Lipinski definition) is 1. The Morgan fingerprint density at radius 3 is 2.74 bits per heavy atom. The van der Waals surface area contributed by atoms with Crippen LogP contribution in [0.2, 0.25) is 0 Å². The average Bonchev–Trinajstić information content (AvgIpc) is 3.47. The van der Waals surface area contributed by atoms with E-state index in [0.29, 0.717) is 5.56 Å². The molecule has 0 fully saturated rings. The van der Waals surface area contributed by atoms with Crippen molar-refractivity contribution in [1.82, 2.24) is 24.6 Å². The quantitative estimate of drug-likeness (QED) is 0.538. The molecule has 0 aliphatic heterocycles. The van der Waals surface area contributed by atoms with Gasteiger partial charge in [-0.1, -0.05) is 12.1 Å². The average molecular weight is 412 g/mol. The number of nitrogens with one attached hydrogen (secondary N) is 1. The Morgan fingerprint density at radius 2 is 1.97 bits per heavy atom. The molecule has 1 aliphatic carbocycles. The minimum absolute atomic E-state index is 0.0246. The van der Waals surface area contributed by atoms with E-state index in [9.17, 15) is 4.79 Å². The number of rotatable bonds is 4. The van der Waals surface area contributed by atoms with Crippen LogP contribution in [0.25, 0.3) is 11.4 Å². The first-order valence-electron chi connectivity index (χ1n) is 10.6. The number of carbonyl (C=O) groups excluding carboxylic acids is 1. The number of aryl methyl sites for hydroxylation is 1. The van der Waals surface area contributed by atoms with Crippen LogP contribution in [-0.2, 0) is 6.42 Å². The first-order chi connectivity index (χ1) is 15.1. The number of aromatic nitrogens is 4. The third kappa shape index (κ3) is 3.54. The second kappa shape index (κ2) is 7.87. The summed E-state index contributed by atoms with van der Waals surface area (Å²) < 4.78 is 3.96. The maximum Gasteiger partial charge on any atom is 0.251 e. The maximum atomic E-state index is 12.9. The fourth-order valence-corrected chi connectivity index (χ4v) is 4.32. The van der Waals surface area contributed by atoms with Crippen molar-refractivity contribution in [3.05, 3.63) is 95.3 Å². The van der Waals surface area contributed by atoms with Gasteiger partial charge in [-0.05, 0) is 74.6 Å². The third-order valence-corrected chi connectivity index (χ3v) is 6.22. The molecule has 4 aromatic rings. The van der Waals surface area contributed by atoms with Crippen molar-refractivity contribution in [2.75, 3.05) is 0 Å². The topological polar surface area (TPSA) is 64.7 Å². The van der Waals surface area contributed by atoms with Gasteiger partial charge in [-0.25, -0.2) is 9.67 Å². The summed E-state index contributed by atoms with van der Waals surface area (Å²) in [6, 6.07) is 13.9. The highest BCUT2D eigenvalue weighted by atomic mass is 16.1. The van der Waals surface area contributed by atoms with Crippen molar-refractivity contribution in [3.8, 4) is 11.4 Å². The molecule has 0 bridgehead atoms. The van der Waals surface area contributed by atoms with Crippen LogP contribution in [0.5, 0.6) is 0 Å². The summed E-state index contributed by atoms with van der Waals surface area (Å²) in [5, 5.41) is 7.92. The van der Waals surface area contributed by atoms with Crippen molar-refractivity contribution < 1.29 is 4.79 Å². The fourth-order valence-electron chi connectivity index (χ4n) is 4.32. The molecule has 156 valence electrons. The highest BCUT2D eigenvalue weighted by molar-refractivity contribution is 5.94. The summed E-state index contributed by atoms with van der Waals surface area (Å²) in [6.45, 7) is 4.25. The van der Waals surface area contributed by atoms with Gasteiger partial charge in [-0.3, -0.25) is 4.79 Å². The Morgan fingerprint density at radius 1 is 1.13 bits per heavy atom. The van der Waals surface area contributed by atoms with Crippen molar-refractivity contribution in [1.29, 1.82) is 0 Å². The molecule has 5 rings (SSSR count). The summed E-state index contributed by atoms with van der Waals surface area (Å²) in [4.78, 5) is 17.0. The van der Waals surface area contributed by atoms with Gasteiger partial charge in [-0.15, -0.1) is 0 Å². The van der Waals surface area contributed by atoms with Crippen LogP contribution in [0.1, 0.15) is 51.6 Å². The fraction of sp³-hybridized carbons (Fsp3) is 0.240. The molecule has 0 saturated heterocycles. The summed E-state index contributed by atoms with van der Waals surface area (Å²) in [5.74, 6) is -0.0606. The van der Waals surface area contributed by atoms with Gasteiger partial charge >= 0.3 is 0 Å². The van der Waals surface area contributed by atoms with Gasteiger partial charge in [-0.2, -0.15) is 5.10 Å². The van der Waals surface area contributed by atoms with Gasteiger partial charge in [0.05, 0.1) is 24.3 Å². The molecule has 0 radical (unpaired) electrons. The maximum absolute atomic E-state index is 12.9. The van der Waals surface area contributed by atoms with E-state index in [-0.39, 0.29) is 11.9 Å². The molecule has 2 aromatic carbocycles. The lowest BCUT2D eigenvalue weighted by atomic mass is 9.92. The van der Waals surface area contributed by atoms with Gasteiger partial charge in [0.1, 0.15) is 0 Å². The molecule has 2 aromatic heterocycles. The van der Waals surface area contributed by atoms with E-state index in [2.05, 4.69) is 47.0 Å². The van der Waals surface area contributed by atoms with Gasteiger partial charge in [0.25, 0.3) is 5.91 Å².